The Morgan fingerprint density at radius 3 is 2.62 bits per heavy atom. The summed E-state index contributed by atoms with van der Waals surface area (Å²) in [5.74, 6) is 0. The Bertz CT molecular complexity index is 236. The first-order valence-corrected chi connectivity index (χ1v) is 4.62. The molecule has 1 fully saturated rings. The lowest BCUT2D eigenvalue weighted by atomic mass is 9.71. The summed E-state index contributed by atoms with van der Waals surface area (Å²) in [7, 11) is 1.69. The predicted octanol–water partition coefficient (Wildman–Crippen LogP) is 1.89. The van der Waals surface area contributed by atoms with Gasteiger partial charge in [-0.25, -0.2) is 0 Å². The number of ether oxygens (including phenoxy) is 1. The molecule has 2 heteroatoms. The van der Waals surface area contributed by atoms with Gasteiger partial charge in [0.15, 0.2) is 0 Å². The summed E-state index contributed by atoms with van der Waals surface area (Å²) in [6.07, 6.45) is 1.31. The van der Waals surface area contributed by atoms with E-state index in [2.05, 4.69) is 26.2 Å². The summed E-state index contributed by atoms with van der Waals surface area (Å²) in [5, 5.41) is 9.79. The van der Waals surface area contributed by atoms with E-state index in [1.165, 1.54) is 0 Å². The van der Waals surface area contributed by atoms with Gasteiger partial charge in [-0.2, -0.15) is 0 Å². The fourth-order valence-electron chi connectivity index (χ4n) is 2.12. The Balaban J connectivity index is 2.88. The molecule has 0 aromatic heterocycles. The largest absolute Gasteiger partial charge is 0.388 e. The lowest BCUT2D eigenvalue weighted by Gasteiger charge is -2.39. The van der Waals surface area contributed by atoms with Crippen molar-refractivity contribution in [3.05, 3.63) is 17.9 Å². The normalized spacial score (nSPS) is 32.8. The zero-order valence-corrected chi connectivity index (χ0v) is 8.63. The molecule has 1 aliphatic carbocycles. The second kappa shape index (κ2) is 3.67. The minimum absolute atomic E-state index is 0.0416. The molecule has 13 heavy (non-hydrogen) atoms. The van der Waals surface area contributed by atoms with Crippen LogP contribution in [0.25, 0.3) is 0 Å². The van der Waals surface area contributed by atoms with Crippen LogP contribution in [0.15, 0.2) is 17.9 Å². The SMILES string of the molecule is C=C=C1[C@H](O)CC(OC)CC1(C)C. The molecule has 0 radical (unpaired) electrons. The fourth-order valence-corrected chi connectivity index (χ4v) is 2.12. The smallest absolute Gasteiger partial charge is 0.0853 e. The summed E-state index contributed by atoms with van der Waals surface area (Å²) >= 11 is 0. The molecule has 0 amide bonds. The highest BCUT2D eigenvalue weighted by Gasteiger charge is 2.37. The first-order chi connectivity index (χ1) is 6.01. The maximum Gasteiger partial charge on any atom is 0.0853 e. The first kappa shape index (κ1) is 10.5. The zero-order chi connectivity index (χ0) is 10.1. The molecule has 74 valence electrons. The van der Waals surface area contributed by atoms with Crippen molar-refractivity contribution in [2.75, 3.05) is 7.11 Å². The Morgan fingerprint density at radius 1 is 1.62 bits per heavy atom. The van der Waals surface area contributed by atoms with E-state index in [0.717, 1.165) is 12.0 Å². The van der Waals surface area contributed by atoms with Crippen LogP contribution < -0.4 is 0 Å². The van der Waals surface area contributed by atoms with Crippen molar-refractivity contribution < 1.29 is 9.84 Å². The number of hydrogen-bond acceptors (Lipinski definition) is 2. The molecule has 2 nitrogen and oxygen atoms in total. The molecular formula is C11H18O2. The lowest BCUT2D eigenvalue weighted by molar-refractivity contribution is 0.000509. The molecule has 0 aliphatic heterocycles. The quantitative estimate of drug-likeness (QED) is 0.627. The highest BCUT2D eigenvalue weighted by molar-refractivity contribution is 5.19. The van der Waals surface area contributed by atoms with E-state index in [1.54, 1.807) is 7.11 Å². The third-order valence-electron chi connectivity index (χ3n) is 2.81. The topological polar surface area (TPSA) is 29.5 Å². The van der Waals surface area contributed by atoms with Crippen LogP contribution in [-0.2, 0) is 4.74 Å². The number of hydrogen-bond donors (Lipinski definition) is 1. The Labute approximate surface area is 79.9 Å². The maximum atomic E-state index is 9.79. The van der Waals surface area contributed by atoms with Crippen molar-refractivity contribution in [1.82, 2.24) is 0 Å². The van der Waals surface area contributed by atoms with Crippen LogP contribution >= 0.6 is 0 Å². The van der Waals surface area contributed by atoms with E-state index < -0.39 is 6.10 Å². The maximum absolute atomic E-state index is 9.79. The molecule has 2 atom stereocenters. The van der Waals surface area contributed by atoms with Gasteiger partial charge in [0.2, 0.25) is 0 Å². The van der Waals surface area contributed by atoms with Crippen LogP contribution in [0.4, 0.5) is 0 Å². The van der Waals surface area contributed by atoms with Gasteiger partial charge in [-0.15, -0.1) is 5.73 Å². The van der Waals surface area contributed by atoms with Crippen molar-refractivity contribution in [2.45, 2.75) is 38.9 Å². The molecule has 0 aromatic carbocycles. The Morgan fingerprint density at radius 2 is 2.23 bits per heavy atom. The van der Waals surface area contributed by atoms with Gasteiger partial charge in [0.1, 0.15) is 0 Å². The molecule has 1 saturated carbocycles. The minimum atomic E-state index is -0.439. The van der Waals surface area contributed by atoms with E-state index in [1.807, 2.05) is 0 Å². The van der Waals surface area contributed by atoms with E-state index in [9.17, 15) is 5.11 Å². The Kier molecular flexibility index (Phi) is 2.97. The van der Waals surface area contributed by atoms with Gasteiger partial charge in [0.25, 0.3) is 0 Å². The summed E-state index contributed by atoms with van der Waals surface area (Å²) in [6, 6.07) is 0. The van der Waals surface area contributed by atoms with Crippen LogP contribution in [0.1, 0.15) is 26.7 Å². The van der Waals surface area contributed by atoms with E-state index in [0.29, 0.717) is 6.42 Å². The van der Waals surface area contributed by atoms with Crippen LogP contribution in [0.3, 0.4) is 0 Å². The summed E-state index contributed by atoms with van der Waals surface area (Å²) in [5.41, 5.74) is 3.73. The highest BCUT2D eigenvalue weighted by Crippen LogP contribution is 2.40. The average Bonchev–Trinajstić information content (AvgIpc) is 2.02. The third-order valence-corrected chi connectivity index (χ3v) is 2.81. The van der Waals surface area contributed by atoms with Crippen LogP contribution in [0, 0.1) is 5.41 Å². The van der Waals surface area contributed by atoms with Crippen molar-refractivity contribution in [3.63, 3.8) is 0 Å². The van der Waals surface area contributed by atoms with Crippen LogP contribution in [-0.4, -0.2) is 24.4 Å². The van der Waals surface area contributed by atoms with Gasteiger partial charge in [0.05, 0.1) is 12.2 Å². The molecule has 1 unspecified atom stereocenters. The molecule has 0 bridgehead atoms. The van der Waals surface area contributed by atoms with Crippen LogP contribution in [0.5, 0.6) is 0 Å². The molecule has 1 N–H and O–H groups in total. The number of rotatable bonds is 1. The molecule has 1 rings (SSSR count). The van der Waals surface area contributed by atoms with Gasteiger partial charge in [0, 0.05) is 19.1 Å². The van der Waals surface area contributed by atoms with Crippen molar-refractivity contribution in [2.24, 2.45) is 5.41 Å². The molecule has 0 saturated heterocycles. The summed E-state index contributed by atoms with van der Waals surface area (Å²) < 4.78 is 5.27. The first-order valence-electron chi connectivity index (χ1n) is 4.62. The fraction of sp³-hybridized carbons (Fsp3) is 0.727. The molecule has 0 aromatic rings. The lowest BCUT2D eigenvalue weighted by Crippen LogP contribution is -2.38. The number of aliphatic hydroxyl groups is 1. The van der Waals surface area contributed by atoms with Gasteiger partial charge in [-0.05, 0) is 11.8 Å². The highest BCUT2D eigenvalue weighted by atomic mass is 16.5. The summed E-state index contributed by atoms with van der Waals surface area (Å²) in [6.45, 7) is 7.80. The van der Waals surface area contributed by atoms with Gasteiger partial charge < -0.3 is 9.84 Å². The second-order valence-corrected chi connectivity index (χ2v) is 4.29. The molecular weight excluding hydrogens is 164 g/mol. The van der Waals surface area contributed by atoms with E-state index >= 15 is 0 Å². The molecule has 1 aliphatic rings. The van der Waals surface area contributed by atoms with Crippen molar-refractivity contribution in [1.29, 1.82) is 0 Å². The van der Waals surface area contributed by atoms with E-state index in [4.69, 9.17) is 4.74 Å². The monoisotopic (exact) mass is 182 g/mol. The zero-order valence-electron chi connectivity index (χ0n) is 8.63. The standard InChI is InChI=1S/C11H18O2/c1-5-9-10(12)6-8(13-4)7-11(9,2)3/h8,10,12H,1,6-7H2,2-4H3/t8?,10-/m1/s1. The predicted molar refractivity (Wildman–Crippen MR) is 52.5 cm³/mol. The van der Waals surface area contributed by atoms with Crippen molar-refractivity contribution in [3.8, 4) is 0 Å². The van der Waals surface area contributed by atoms with E-state index in [-0.39, 0.29) is 11.5 Å². The minimum Gasteiger partial charge on any atom is -0.388 e. The molecule has 0 spiro atoms. The number of methoxy groups -OCH3 is 1. The van der Waals surface area contributed by atoms with Crippen molar-refractivity contribution >= 4 is 0 Å². The summed E-state index contributed by atoms with van der Waals surface area (Å²) in [4.78, 5) is 0. The van der Waals surface area contributed by atoms with Crippen LogP contribution in [0.2, 0.25) is 0 Å². The third kappa shape index (κ3) is 2.02. The van der Waals surface area contributed by atoms with Gasteiger partial charge >= 0.3 is 0 Å². The average molecular weight is 182 g/mol. The number of aliphatic hydroxyl groups excluding tert-OH is 1. The van der Waals surface area contributed by atoms with Gasteiger partial charge in [-0.1, -0.05) is 20.4 Å². The molecule has 0 heterocycles. The Hall–Kier alpha value is -0.560. The van der Waals surface area contributed by atoms with Gasteiger partial charge in [-0.3, -0.25) is 0 Å². The second-order valence-electron chi connectivity index (χ2n) is 4.29.